The van der Waals surface area contributed by atoms with E-state index in [2.05, 4.69) is 21.2 Å². The summed E-state index contributed by atoms with van der Waals surface area (Å²) in [5.74, 6) is -1.56. The van der Waals surface area contributed by atoms with Gasteiger partial charge in [0.2, 0.25) is 0 Å². The van der Waals surface area contributed by atoms with Crippen molar-refractivity contribution < 1.29 is 19.5 Å². The molecule has 6 rings (SSSR count). The molecule has 0 spiro atoms. The number of nitrogens with zero attached hydrogens (tertiary/aromatic N) is 3. The number of carbonyl (C=O) groups excluding carboxylic acids is 2. The number of Topliss-reactive ketones (excluding diaryl/α,β-unsaturated/α-hetero) is 2. The molecule has 0 saturated carbocycles. The van der Waals surface area contributed by atoms with Crippen LogP contribution in [0.4, 0.5) is 0 Å². The molecule has 0 fully saturated rings. The number of carbonyl (C=O) groups is 3. The Morgan fingerprint density at radius 1 is 0.889 bits per heavy atom. The van der Waals surface area contributed by atoms with Crippen molar-refractivity contribution in [2.75, 3.05) is 0 Å². The van der Waals surface area contributed by atoms with Crippen LogP contribution in [-0.4, -0.2) is 37.8 Å². The Balaban J connectivity index is 0.000000252. The van der Waals surface area contributed by atoms with Gasteiger partial charge in [-0.3, -0.25) is 9.59 Å². The van der Waals surface area contributed by atoms with E-state index in [-0.39, 0.29) is 23.2 Å². The Labute approximate surface area is 205 Å². The fraction of sp³-hybridized carbons (Fsp3) is 0.103. The van der Waals surface area contributed by atoms with Gasteiger partial charge in [0.05, 0.1) is 12.1 Å². The third kappa shape index (κ3) is 4.11. The average molecular weight is 476 g/mol. The number of ketones is 2. The third-order valence-electron chi connectivity index (χ3n) is 6.35. The summed E-state index contributed by atoms with van der Waals surface area (Å²) in [5, 5.41) is 18.7. The highest BCUT2D eigenvalue weighted by atomic mass is 16.4. The van der Waals surface area contributed by atoms with Crippen molar-refractivity contribution in [3.63, 3.8) is 0 Å². The van der Waals surface area contributed by atoms with Crippen LogP contribution in [0.25, 0.3) is 12.2 Å². The molecule has 1 aromatic heterocycles. The number of carboxylic acids is 1. The Bertz CT molecular complexity index is 1720. The largest absolute Gasteiger partial charge is 0.476 e. The average Bonchev–Trinajstić information content (AvgIpc) is 2.90. The van der Waals surface area contributed by atoms with Gasteiger partial charge in [-0.25, -0.2) is 9.78 Å². The summed E-state index contributed by atoms with van der Waals surface area (Å²) < 4.78 is 0. The predicted octanol–water partition coefficient (Wildman–Crippen LogP) is 2.65. The molecule has 0 radical (unpaired) electrons. The van der Waals surface area contributed by atoms with E-state index in [1.807, 2.05) is 73.7 Å². The summed E-state index contributed by atoms with van der Waals surface area (Å²) >= 11 is 0. The highest BCUT2D eigenvalue weighted by molar-refractivity contribution is 6.19. The van der Waals surface area contributed by atoms with E-state index in [0.717, 1.165) is 38.2 Å². The van der Waals surface area contributed by atoms with Gasteiger partial charge in [0.25, 0.3) is 0 Å². The first-order chi connectivity index (χ1) is 17.5. The molecule has 2 aliphatic carbocycles. The number of benzene rings is 3. The lowest BCUT2D eigenvalue weighted by atomic mass is 9.74. The summed E-state index contributed by atoms with van der Waals surface area (Å²) in [6.45, 7) is 1.93. The number of aromatic nitrogens is 3. The van der Waals surface area contributed by atoms with Crippen LogP contribution in [0.15, 0.2) is 79.3 Å². The van der Waals surface area contributed by atoms with E-state index in [1.54, 1.807) is 6.08 Å². The second kappa shape index (κ2) is 9.46. The molecule has 0 bridgehead atoms. The fourth-order valence-electron chi connectivity index (χ4n) is 4.74. The highest BCUT2D eigenvalue weighted by Crippen LogP contribution is 2.33. The van der Waals surface area contributed by atoms with Gasteiger partial charge < -0.3 is 5.11 Å². The molecule has 0 aliphatic heterocycles. The highest BCUT2D eigenvalue weighted by Gasteiger charge is 2.34. The van der Waals surface area contributed by atoms with Crippen LogP contribution in [0, 0.1) is 16.4 Å². The SMILES string of the molecule is CC1C=c2ccc3c(c2C(c2ccccc2)C1=O)C(=O)C=c1ccccc1=3.O=C(O)c1cncnn1. The van der Waals surface area contributed by atoms with Crippen molar-refractivity contribution in [1.29, 1.82) is 0 Å². The van der Waals surface area contributed by atoms with Crippen LogP contribution >= 0.6 is 0 Å². The molecular formula is C29H21N3O4. The quantitative estimate of drug-likeness (QED) is 0.475. The van der Waals surface area contributed by atoms with Crippen molar-refractivity contribution in [2.24, 2.45) is 5.92 Å². The predicted molar refractivity (Wildman–Crippen MR) is 132 cm³/mol. The van der Waals surface area contributed by atoms with Gasteiger partial charge in [-0.05, 0) is 38.1 Å². The van der Waals surface area contributed by atoms with Crippen LogP contribution in [-0.2, 0) is 4.79 Å². The van der Waals surface area contributed by atoms with E-state index in [1.165, 1.54) is 6.33 Å². The molecular weight excluding hydrogens is 454 g/mol. The zero-order chi connectivity index (χ0) is 25.2. The van der Waals surface area contributed by atoms with Crippen LogP contribution in [0.5, 0.6) is 0 Å². The Kier molecular flexibility index (Phi) is 6.04. The number of hydrogen-bond donors (Lipinski definition) is 1. The van der Waals surface area contributed by atoms with Gasteiger partial charge >= 0.3 is 5.97 Å². The standard InChI is InChI=1S/C25H18O2.C4H3N3O2/c1-15-13-18-11-12-20-19-10-6-5-9-17(19)14-21(26)24(20)22(18)23(25(15)27)16-7-3-2-4-8-16;8-4(9)3-1-5-2-6-7-3/h2-15,23H,1H3;1-2H,(H,8,9). The van der Waals surface area contributed by atoms with Gasteiger partial charge in [0.15, 0.2) is 17.3 Å². The lowest BCUT2D eigenvalue weighted by Gasteiger charge is -2.27. The van der Waals surface area contributed by atoms with Crippen LogP contribution in [0.3, 0.4) is 0 Å². The molecule has 2 atom stereocenters. The second-order valence-corrected chi connectivity index (χ2v) is 8.59. The molecule has 3 aromatic carbocycles. The first-order valence-corrected chi connectivity index (χ1v) is 11.4. The van der Waals surface area contributed by atoms with Crippen molar-refractivity contribution in [2.45, 2.75) is 12.8 Å². The van der Waals surface area contributed by atoms with Gasteiger partial charge in [-0.1, -0.05) is 79.7 Å². The first-order valence-electron chi connectivity index (χ1n) is 11.4. The summed E-state index contributed by atoms with van der Waals surface area (Å²) in [5.41, 5.74) is 2.34. The normalized spacial score (nSPS) is 17.2. The minimum atomic E-state index is -1.12. The lowest BCUT2D eigenvalue weighted by Crippen LogP contribution is -2.34. The van der Waals surface area contributed by atoms with Crippen molar-refractivity contribution in [1.82, 2.24) is 15.2 Å². The maximum atomic E-state index is 13.2. The monoisotopic (exact) mass is 475 g/mol. The molecule has 2 aliphatic rings. The van der Waals surface area contributed by atoms with Gasteiger partial charge in [0.1, 0.15) is 6.33 Å². The Morgan fingerprint density at radius 3 is 2.33 bits per heavy atom. The number of rotatable bonds is 2. The van der Waals surface area contributed by atoms with E-state index in [0.29, 0.717) is 5.56 Å². The molecule has 2 unspecified atom stereocenters. The summed E-state index contributed by atoms with van der Waals surface area (Å²) in [7, 11) is 0. The summed E-state index contributed by atoms with van der Waals surface area (Å²) in [4.78, 5) is 39.8. The fourth-order valence-corrected chi connectivity index (χ4v) is 4.74. The maximum absolute atomic E-state index is 13.2. The minimum Gasteiger partial charge on any atom is -0.476 e. The number of fused-ring (bicyclic) bond motifs is 4. The topological polar surface area (TPSA) is 110 Å². The van der Waals surface area contributed by atoms with Gasteiger partial charge in [-0.15, -0.1) is 10.2 Å². The molecule has 7 nitrogen and oxygen atoms in total. The third-order valence-corrected chi connectivity index (χ3v) is 6.35. The second-order valence-electron chi connectivity index (χ2n) is 8.59. The van der Waals surface area contributed by atoms with Crippen molar-refractivity contribution in [3.05, 3.63) is 123 Å². The molecule has 176 valence electrons. The first kappa shape index (κ1) is 23.0. The molecule has 4 aromatic rings. The molecule has 1 heterocycles. The number of aromatic carboxylic acids is 1. The van der Waals surface area contributed by atoms with E-state index < -0.39 is 11.9 Å². The smallest absolute Gasteiger partial charge is 0.358 e. The van der Waals surface area contributed by atoms with Crippen LogP contribution < -0.4 is 10.4 Å². The van der Waals surface area contributed by atoms with Crippen LogP contribution in [0.2, 0.25) is 0 Å². The maximum Gasteiger partial charge on any atom is 0.358 e. The van der Waals surface area contributed by atoms with Gasteiger partial charge in [0, 0.05) is 11.5 Å². The zero-order valence-corrected chi connectivity index (χ0v) is 19.3. The minimum absolute atomic E-state index is 0.0164. The van der Waals surface area contributed by atoms with Crippen molar-refractivity contribution in [3.8, 4) is 0 Å². The zero-order valence-electron chi connectivity index (χ0n) is 19.3. The van der Waals surface area contributed by atoms with E-state index >= 15 is 0 Å². The summed E-state index contributed by atoms with van der Waals surface area (Å²) in [6.07, 6.45) is 6.00. The Morgan fingerprint density at radius 2 is 1.64 bits per heavy atom. The Hall–Kier alpha value is -4.78. The number of hydrogen-bond acceptors (Lipinski definition) is 6. The molecule has 1 N–H and O–H groups in total. The van der Waals surface area contributed by atoms with Crippen LogP contribution in [0.1, 0.15) is 44.8 Å². The summed E-state index contributed by atoms with van der Waals surface area (Å²) in [6, 6.07) is 21.8. The van der Waals surface area contributed by atoms with E-state index in [9.17, 15) is 14.4 Å². The number of carboxylic acid groups (broad SMARTS) is 1. The molecule has 36 heavy (non-hydrogen) atoms. The molecule has 7 heteroatoms. The molecule has 0 amide bonds. The van der Waals surface area contributed by atoms with Gasteiger partial charge in [-0.2, -0.15) is 0 Å². The van der Waals surface area contributed by atoms with Crippen molar-refractivity contribution >= 4 is 29.7 Å². The van der Waals surface area contributed by atoms with E-state index in [4.69, 9.17) is 5.11 Å². The lowest BCUT2D eigenvalue weighted by molar-refractivity contribution is -0.121. The molecule has 0 saturated heterocycles.